The van der Waals surface area contributed by atoms with Crippen molar-refractivity contribution in [1.82, 2.24) is 9.88 Å². The Hall–Kier alpha value is -1.45. The summed E-state index contributed by atoms with van der Waals surface area (Å²) in [6, 6.07) is 8.39. The Morgan fingerprint density at radius 1 is 1.21 bits per heavy atom. The number of nitrogens with zero attached hydrogens (tertiary/aromatic N) is 2. The van der Waals surface area contributed by atoms with Crippen LogP contribution in [0.4, 0.5) is 0 Å². The number of para-hydroxylation sites is 1. The minimum absolute atomic E-state index is 0.241. The number of β-amino-alcohol motifs (C(OH)–C–C–N with tert-alkyl or cyclic N) is 1. The summed E-state index contributed by atoms with van der Waals surface area (Å²) >= 11 is 0. The van der Waals surface area contributed by atoms with Crippen LogP contribution in [0.2, 0.25) is 0 Å². The zero-order valence-corrected chi connectivity index (χ0v) is 11.4. The van der Waals surface area contributed by atoms with Gasteiger partial charge in [-0.25, -0.2) is 0 Å². The van der Waals surface area contributed by atoms with Gasteiger partial charge in [0, 0.05) is 37.1 Å². The van der Waals surface area contributed by atoms with Gasteiger partial charge in [-0.15, -0.1) is 0 Å². The van der Waals surface area contributed by atoms with E-state index in [-0.39, 0.29) is 6.61 Å². The molecule has 0 spiro atoms. The number of benzene rings is 1. The highest BCUT2D eigenvalue weighted by Gasteiger charge is 2.17. The third kappa shape index (κ3) is 2.36. The maximum atomic E-state index is 9.08. The quantitative estimate of drug-likeness (QED) is 0.892. The largest absolute Gasteiger partial charge is 0.395 e. The molecule has 3 heteroatoms. The Labute approximate surface area is 113 Å². The third-order valence-electron chi connectivity index (χ3n) is 4.12. The van der Waals surface area contributed by atoms with Crippen molar-refractivity contribution in [2.45, 2.75) is 19.8 Å². The summed E-state index contributed by atoms with van der Waals surface area (Å²) in [6.45, 7) is 5.24. The monoisotopic (exact) mass is 256 g/mol. The molecule has 1 aromatic carbocycles. The SMILES string of the molecule is Cc1c2c(nc3ccccc13)CCN(CCO)CC2. The summed E-state index contributed by atoms with van der Waals surface area (Å²) in [4.78, 5) is 7.17. The van der Waals surface area contributed by atoms with Crippen LogP contribution in [0.5, 0.6) is 0 Å². The summed E-state index contributed by atoms with van der Waals surface area (Å²) in [5.74, 6) is 0. The molecule has 0 unspecified atom stereocenters. The maximum absolute atomic E-state index is 9.08. The molecule has 1 N–H and O–H groups in total. The third-order valence-corrected chi connectivity index (χ3v) is 4.12. The number of aliphatic hydroxyl groups is 1. The lowest BCUT2D eigenvalue weighted by Crippen LogP contribution is -2.29. The maximum Gasteiger partial charge on any atom is 0.0708 e. The molecule has 2 aromatic rings. The van der Waals surface area contributed by atoms with Crippen LogP contribution < -0.4 is 0 Å². The lowest BCUT2D eigenvalue weighted by Gasteiger charge is -2.17. The Bertz CT molecular complexity index is 595. The molecule has 0 atom stereocenters. The molecule has 0 bridgehead atoms. The van der Waals surface area contributed by atoms with E-state index >= 15 is 0 Å². The fraction of sp³-hybridized carbons (Fsp3) is 0.438. The first-order valence-corrected chi connectivity index (χ1v) is 7.00. The zero-order chi connectivity index (χ0) is 13.2. The topological polar surface area (TPSA) is 36.4 Å². The second kappa shape index (κ2) is 5.27. The van der Waals surface area contributed by atoms with Crippen LogP contribution in [-0.2, 0) is 12.8 Å². The summed E-state index contributed by atoms with van der Waals surface area (Å²) in [7, 11) is 0. The number of hydrogen-bond acceptors (Lipinski definition) is 3. The van der Waals surface area contributed by atoms with Gasteiger partial charge < -0.3 is 10.0 Å². The summed E-state index contributed by atoms with van der Waals surface area (Å²) in [5, 5.41) is 10.4. The van der Waals surface area contributed by atoms with Gasteiger partial charge in [0.15, 0.2) is 0 Å². The van der Waals surface area contributed by atoms with Gasteiger partial charge in [0.2, 0.25) is 0 Å². The van der Waals surface area contributed by atoms with E-state index in [9.17, 15) is 0 Å². The van der Waals surface area contributed by atoms with E-state index in [1.54, 1.807) is 0 Å². The van der Waals surface area contributed by atoms with Gasteiger partial charge in [0.1, 0.15) is 0 Å². The minimum Gasteiger partial charge on any atom is -0.395 e. The van der Waals surface area contributed by atoms with E-state index in [4.69, 9.17) is 10.1 Å². The van der Waals surface area contributed by atoms with Crippen LogP contribution in [0.3, 0.4) is 0 Å². The summed E-state index contributed by atoms with van der Waals surface area (Å²) < 4.78 is 0. The fourth-order valence-corrected chi connectivity index (χ4v) is 3.03. The van der Waals surface area contributed by atoms with Crippen LogP contribution in [0.1, 0.15) is 16.8 Å². The first-order valence-electron chi connectivity index (χ1n) is 7.00. The standard InChI is InChI=1S/C16H20N2O/c1-12-13-4-2-3-5-15(13)17-16-7-9-18(10-11-19)8-6-14(12)16/h2-5,19H,6-11H2,1H3. The second-order valence-corrected chi connectivity index (χ2v) is 5.24. The van der Waals surface area contributed by atoms with Crippen molar-refractivity contribution in [2.24, 2.45) is 0 Å². The molecule has 3 rings (SSSR count). The summed E-state index contributed by atoms with van der Waals surface area (Å²) in [6.07, 6.45) is 2.03. The number of aliphatic hydroxyl groups excluding tert-OH is 1. The molecule has 100 valence electrons. The van der Waals surface area contributed by atoms with Crippen LogP contribution in [0, 0.1) is 6.92 Å². The lowest BCUT2D eigenvalue weighted by atomic mass is 9.99. The number of aryl methyl sites for hydroxylation is 1. The highest BCUT2D eigenvalue weighted by atomic mass is 16.3. The van der Waals surface area contributed by atoms with Crippen molar-refractivity contribution < 1.29 is 5.11 Å². The van der Waals surface area contributed by atoms with Gasteiger partial charge in [-0.1, -0.05) is 18.2 Å². The first kappa shape index (κ1) is 12.6. The van der Waals surface area contributed by atoms with Gasteiger partial charge in [0.25, 0.3) is 0 Å². The van der Waals surface area contributed by atoms with Gasteiger partial charge in [-0.3, -0.25) is 4.98 Å². The molecule has 0 saturated heterocycles. The van der Waals surface area contributed by atoms with Crippen molar-refractivity contribution in [1.29, 1.82) is 0 Å². The molecule has 1 aliphatic rings. The average Bonchev–Trinajstić information content (AvgIpc) is 2.63. The number of hydrogen-bond donors (Lipinski definition) is 1. The summed E-state index contributed by atoms with van der Waals surface area (Å²) in [5.41, 5.74) is 5.15. The molecule has 3 nitrogen and oxygen atoms in total. The molecular weight excluding hydrogens is 236 g/mol. The van der Waals surface area contributed by atoms with Crippen molar-refractivity contribution >= 4 is 10.9 Å². The Morgan fingerprint density at radius 3 is 2.84 bits per heavy atom. The molecular formula is C16H20N2O. The predicted octanol–water partition coefficient (Wildman–Crippen LogP) is 1.94. The zero-order valence-electron chi connectivity index (χ0n) is 11.4. The van der Waals surface area contributed by atoms with Crippen LogP contribution >= 0.6 is 0 Å². The van der Waals surface area contributed by atoms with E-state index in [2.05, 4.69) is 36.1 Å². The fourth-order valence-electron chi connectivity index (χ4n) is 3.03. The minimum atomic E-state index is 0.241. The van der Waals surface area contributed by atoms with Gasteiger partial charge >= 0.3 is 0 Å². The van der Waals surface area contributed by atoms with Crippen molar-refractivity contribution in [3.05, 3.63) is 41.1 Å². The number of fused-ring (bicyclic) bond motifs is 2. The Kier molecular flexibility index (Phi) is 3.49. The van der Waals surface area contributed by atoms with Crippen molar-refractivity contribution in [3.8, 4) is 0 Å². The smallest absolute Gasteiger partial charge is 0.0708 e. The van der Waals surface area contributed by atoms with Gasteiger partial charge in [0.05, 0.1) is 12.1 Å². The molecule has 2 heterocycles. The van der Waals surface area contributed by atoms with Crippen molar-refractivity contribution in [3.63, 3.8) is 0 Å². The van der Waals surface area contributed by atoms with E-state index in [0.29, 0.717) is 0 Å². The van der Waals surface area contributed by atoms with E-state index in [0.717, 1.165) is 38.0 Å². The molecule has 0 amide bonds. The Morgan fingerprint density at radius 2 is 2.00 bits per heavy atom. The van der Waals surface area contributed by atoms with Crippen LogP contribution in [0.25, 0.3) is 10.9 Å². The van der Waals surface area contributed by atoms with E-state index in [1.807, 2.05) is 0 Å². The molecule has 0 radical (unpaired) electrons. The van der Waals surface area contributed by atoms with Crippen molar-refractivity contribution in [2.75, 3.05) is 26.2 Å². The van der Waals surface area contributed by atoms with Gasteiger partial charge in [-0.05, 0) is 30.5 Å². The highest BCUT2D eigenvalue weighted by molar-refractivity contribution is 5.83. The van der Waals surface area contributed by atoms with E-state index in [1.165, 1.54) is 22.2 Å². The molecule has 19 heavy (non-hydrogen) atoms. The number of rotatable bonds is 2. The predicted molar refractivity (Wildman–Crippen MR) is 77.4 cm³/mol. The van der Waals surface area contributed by atoms with Crippen LogP contribution in [0.15, 0.2) is 24.3 Å². The highest BCUT2D eigenvalue weighted by Crippen LogP contribution is 2.25. The van der Waals surface area contributed by atoms with Gasteiger partial charge in [-0.2, -0.15) is 0 Å². The van der Waals surface area contributed by atoms with E-state index < -0.39 is 0 Å². The molecule has 1 aromatic heterocycles. The molecule has 0 fully saturated rings. The normalized spacial score (nSPS) is 16.3. The molecule has 0 aliphatic carbocycles. The number of pyridine rings is 1. The van der Waals surface area contributed by atoms with Crippen LogP contribution in [-0.4, -0.2) is 41.2 Å². The average molecular weight is 256 g/mol. The first-order chi connectivity index (χ1) is 9.29. The molecule has 1 aliphatic heterocycles. The molecule has 0 saturated carbocycles. The second-order valence-electron chi connectivity index (χ2n) is 5.24. The number of aromatic nitrogens is 1. The lowest BCUT2D eigenvalue weighted by molar-refractivity contribution is 0.201. The Balaban J connectivity index is 2.02.